The average molecular weight is 342 g/mol. The third-order valence-corrected chi connectivity index (χ3v) is 3.71. The lowest BCUT2D eigenvalue weighted by Crippen LogP contribution is -2.28. The van der Waals surface area contributed by atoms with Gasteiger partial charge in [-0.15, -0.1) is 0 Å². The van der Waals surface area contributed by atoms with E-state index >= 15 is 0 Å². The molecular weight excluding hydrogens is 324 g/mol. The number of nitro benzene ring substituents is 1. The highest BCUT2D eigenvalue weighted by Gasteiger charge is 2.16. The molecule has 0 saturated carbocycles. The fraction of sp³-hybridized carbons (Fsp3) is 0.222. The molecular formula is C18H18N2O5. The Hall–Kier alpha value is -3.22. The lowest BCUT2D eigenvalue weighted by molar-refractivity contribution is -0.385. The van der Waals surface area contributed by atoms with Crippen LogP contribution in [0.25, 0.3) is 0 Å². The van der Waals surface area contributed by atoms with Crippen LogP contribution in [0.1, 0.15) is 27.0 Å². The highest BCUT2D eigenvalue weighted by molar-refractivity contribution is 5.92. The first-order chi connectivity index (χ1) is 11.9. The van der Waals surface area contributed by atoms with Crippen LogP contribution in [0.5, 0.6) is 0 Å². The Labute approximate surface area is 144 Å². The molecule has 0 radical (unpaired) electrons. The van der Waals surface area contributed by atoms with Crippen LogP contribution in [0.15, 0.2) is 42.5 Å². The largest absolute Gasteiger partial charge is 0.452 e. The quantitative estimate of drug-likeness (QED) is 0.494. The van der Waals surface area contributed by atoms with E-state index in [1.54, 1.807) is 6.92 Å². The minimum Gasteiger partial charge on any atom is -0.452 e. The number of carbonyl (C=O) groups excluding carboxylic acids is 2. The van der Waals surface area contributed by atoms with Crippen molar-refractivity contribution in [1.82, 2.24) is 5.32 Å². The molecule has 1 N–H and O–H groups in total. The monoisotopic (exact) mass is 342 g/mol. The number of carbonyl (C=O) groups is 2. The maximum atomic E-state index is 11.9. The summed E-state index contributed by atoms with van der Waals surface area (Å²) in [6, 6.07) is 11.6. The number of nitrogens with zero attached hydrogens (tertiary/aromatic N) is 1. The van der Waals surface area contributed by atoms with E-state index in [2.05, 4.69) is 5.32 Å². The highest BCUT2D eigenvalue weighted by Crippen LogP contribution is 2.19. The molecule has 0 saturated heterocycles. The zero-order valence-electron chi connectivity index (χ0n) is 13.9. The van der Waals surface area contributed by atoms with E-state index in [0.717, 1.165) is 17.2 Å². The van der Waals surface area contributed by atoms with E-state index < -0.39 is 23.4 Å². The number of benzene rings is 2. The molecule has 2 rings (SSSR count). The number of nitro groups is 1. The van der Waals surface area contributed by atoms with Crippen molar-refractivity contribution in [3.63, 3.8) is 0 Å². The zero-order chi connectivity index (χ0) is 18.4. The predicted molar refractivity (Wildman–Crippen MR) is 91.1 cm³/mol. The molecule has 0 aliphatic heterocycles. The smallest absolute Gasteiger partial charge is 0.338 e. The number of hydrogen-bond donors (Lipinski definition) is 1. The molecule has 0 fully saturated rings. The van der Waals surface area contributed by atoms with E-state index in [-0.39, 0.29) is 11.3 Å². The van der Waals surface area contributed by atoms with Crippen LogP contribution in [0.2, 0.25) is 0 Å². The van der Waals surface area contributed by atoms with Crippen molar-refractivity contribution >= 4 is 17.6 Å². The van der Waals surface area contributed by atoms with E-state index in [1.807, 2.05) is 31.2 Å². The number of amides is 1. The van der Waals surface area contributed by atoms with Crippen molar-refractivity contribution in [3.05, 3.63) is 74.8 Å². The summed E-state index contributed by atoms with van der Waals surface area (Å²) in [4.78, 5) is 34.1. The molecule has 1 amide bonds. The Morgan fingerprint density at radius 3 is 2.52 bits per heavy atom. The van der Waals surface area contributed by atoms with E-state index in [9.17, 15) is 19.7 Å². The molecule has 25 heavy (non-hydrogen) atoms. The summed E-state index contributed by atoms with van der Waals surface area (Å²) in [6.07, 6.45) is 0. The molecule has 0 spiro atoms. The molecule has 130 valence electrons. The second-order valence-electron chi connectivity index (χ2n) is 5.54. The number of hydrogen-bond acceptors (Lipinski definition) is 5. The fourth-order valence-electron chi connectivity index (χ4n) is 2.20. The van der Waals surface area contributed by atoms with Gasteiger partial charge in [-0.1, -0.05) is 30.3 Å². The Balaban J connectivity index is 1.89. The maximum absolute atomic E-state index is 11.9. The van der Waals surface area contributed by atoms with Crippen LogP contribution in [-0.2, 0) is 16.1 Å². The molecule has 0 heterocycles. The first kappa shape index (κ1) is 18.1. The van der Waals surface area contributed by atoms with Gasteiger partial charge in [-0.3, -0.25) is 14.9 Å². The third-order valence-electron chi connectivity index (χ3n) is 3.71. The molecule has 0 aliphatic rings. The van der Waals surface area contributed by atoms with Crippen molar-refractivity contribution in [3.8, 4) is 0 Å². The van der Waals surface area contributed by atoms with Gasteiger partial charge >= 0.3 is 5.97 Å². The van der Waals surface area contributed by atoms with Crippen molar-refractivity contribution in [2.75, 3.05) is 6.61 Å². The summed E-state index contributed by atoms with van der Waals surface area (Å²) in [5.41, 5.74) is 2.32. The first-order valence-corrected chi connectivity index (χ1v) is 7.62. The Bertz CT molecular complexity index is 817. The van der Waals surface area contributed by atoms with Crippen LogP contribution in [-0.4, -0.2) is 23.4 Å². The fourth-order valence-corrected chi connectivity index (χ4v) is 2.20. The molecule has 7 nitrogen and oxygen atoms in total. The van der Waals surface area contributed by atoms with Crippen LogP contribution >= 0.6 is 0 Å². The number of esters is 1. The number of rotatable bonds is 6. The van der Waals surface area contributed by atoms with Crippen LogP contribution < -0.4 is 5.32 Å². The topological polar surface area (TPSA) is 98.5 Å². The average Bonchev–Trinajstić information content (AvgIpc) is 2.59. The lowest BCUT2D eigenvalue weighted by atomic mass is 10.1. The van der Waals surface area contributed by atoms with Gasteiger partial charge in [0.2, 0.25) is 0 Å². The Morgan fingerprint density at radius 2 is 1.84 bits per heavy atom. The normalized spacial score (nSPS) is 10.2. The Morgan fingerprint density at radius 1 is 1.12 bits per heavy atom. The minimum atomic E-state index is -0.783. The first-order valence-electron chi connectivity index (χ1n) is 7.62. The summed E-state index contributed by atoms with van der Waals surface area (Å²) >= 11 is 0. The van der Waals surface area contributed by atoms with Gasteiger partial charge in [0, 0.05) is 18.2 Å². The van der Waals surface area contributed by atoms with Crippen molar-refractivity contribution in [2.45, 2.75) is 20.4 Å². The molecule has 7 heteroatoms. The number of nitrogens with one attached hydrogen (secondary N) is 1. The summed E-state index contributed by atoms with van der Waals surface area (Å²) in [6.45, 7) is 3.39. The lowest BCUT2D eigenvalue weighted by Gasteiger charge is -2.08. The summed E-state index contributed by atoms with van der Waals surface area (Å²) < 4.78 is 4.91. The van der Waals surface area contributed by atoms with Gasteiger partial charge in [0.1, 0.15) is 0 Å². The third kappa shape index (κ3) is 4.87. The molecule has 0 unspecified atom stereocenters. The van der Waals surface area contributed by atoms with Crippen molar-refractivity contribution < 1.29 is 19.2 Å². The van der Waals surface area contributed by atoms with E-state index in [0.29, 0.717) is 12.1 Å². The molecule has 0 atom stereocenters. The number of aryl methyl sites for hydroxylation is 2. The summed E-state index contributed by atoms with van der Waals surface area (Å²) in [7, 11) is 0. The van der Waals surface area contributed by atoms with Gasteiger partial charge < -0.3 is 10.1 Å². The van der Waals surface area contributed by atoms with Gasteiger partial charge in [-0.25, -0.2) is 4.79 Å². The van der Waals surface area contributed by atoms with Gasteiger partial charge in [-0.05, 0) is 31.0 Å². The molecule has 0 aromatic heterocycles. The molecule has 0 bridgehead atoms. The van der Waals surface area contributed by atoms with Gasteiger partial charge in [-0.2, -0.15) is 0 Å². The van der Waals surface area contributed by atoms with Gasteiger partial charge in [0.05, 0.1) is 10.5 Å². The van der Waals surface area contributed by atoms with Crippen molar-refractivity contribution in [2.24, 2.45) is 0 Å². The second kappa shape index (κ2) is 8.05. The standard InChI is InChI=1S/C18H18N2O5/c1-12-5-3-4-6-15(12)10-19-17(21)11-25-18(22)14-8-7-13(2)16(9-14)20(23)24/h3-9H,10-11H2,1-2H3,(H,19,21). The summed E-state index contributed by atoms with van der Waals surface area (Å²) in [5, 5.41) is 13.6. The van der Waals surface area contributed by atoms with Crippen LogP contribution in [0, 0.1) is 24.0 Å². The number of ether oxygens (including phenoxy) is 1. The predicted octanol–water partition coefficient (Wildman–Crippen LogP) is 2.68. The minimum absolute atomic E-state index is 0.0315. The van der Waals surface area contributed by atoms with Gasteiger partial charge in [0.25, 0.3) is 11.6 Å². The van der Waals surface area contributed by atoms with Crippen LogP contribution in [0.4, 0.5) is 5.69 Å². The SMILES string of the molecule is Cc1ccccc1CNC(=O)COC(=O)c1ccc(C)c([N+](=O)[O-])c1. The molecule has 0 aliphatic carbocycles. The van der Waals surface area contributed by atoms with E-state index in [1.165, 1.54) is 12.1 Å². The Kier molecular flexibility index (Phi) is 5.84. The molecule has 2 aromatic carbocycles. The van der Waals surface area contributed by atoms with E-state index in [4.69, 9.17) is 4.74 Å². The second-order valence-corrected chi connectivity index (χ2v) is 5.54. The zero-order valence-corrected chi connectivity index (χ0v) is 13.9. The van der Waals surface area contributed by atoms with Crippen molar-refractivity contribution in [1.29, 1.82) is 0 Å². The summed E-state index contributed by atoms with van der Waals surface area (Å²) in [5.74, 6) is -1.23. The highest BCUT2D eigenvalue weighted by atomic mass is 16.6. The van der Waals surface area contributed by atoms with Crippen LogP contribution in [0.3, 0.4) is 0 Å². The maximum Gasteiger partial charge on any atom is 0.338 e. The van der Waals surface area contributed by atoms with Gasteiger partial charge in [0.15, 0.2) is 6.61 Å². The molecule has 2 aromatic rings.